The van der Waals surface area contributed by atoms with Gasteiger partial charge in [-0.3, -0.25) is 0 Å². The third kappa shape index (κ3) is 5.75. The molecular formula is C21H23FN4O4S. The lowest BCUT2D eigenvalue weighted by molar-refractivity contribution is 0.0525. The topological polar surface area (TPSA) is 116 Å². The van der Waals surface area contributed by atoms with Crippen molar-refractivity contribution in [2.75, 3.05) is 13.2 Å². The summed E-state index contributed by atoms with van der Waals surface area (Å²) in [7, 11) is -3.72. The molecule has 1 heterocycles. The third-order valence-electron chi connectivity index (χ3n) is 4.57. The molecule has 1 aromatic heterocycles. The van der Waals surface area contributed by atoms with Gasteiger partial charge >= 0.3 is 5.97 Å². The van der Waals surface area contributed by atoms with E-state index in [1.165, 1.54) is 30.5 Å². The predicted octanol–water partition coefficient (Wildman–Crippen LogP) is 2.17. The lowest BCUT2D eigenvalue weighted by atomic mass is 10.1. The third-order valence-corrected chi connectivity index (χ3v) is 5.50. The first-order chi connectivity index (χ1) is 14.8. The van der Waals surface area contributed by atoms with E-state index in [1.807, 2.05) is 0 Å². The molecular weight excluding hydrogens is 423 g/mol. The maximum Gasteiger partial charge on any atom is 0.341 e. The second kappa shape index (κ2) is 9.82. The van der Waals surface area contributed by atoms with Gasteiger partial charge in [-0.05, 0) is 61.9 Å². The van der Waals surface area contributed by atoms with Crippen LogP contribution in [0, 0.1) is 5.82 Å². The summed E-state index contributed by atoms with van der Waals surface area (Å²) in [6.45, 7) is 2.84. The molecule has 31 heavy (non-hydrogen) atoms. The number of carbonyl (C=O) groups excluding carboxylic acids is 1. The minimum absolute atomic E-state index is 0.0616. The van der Waals surface area contributed by atoms with Gasteiger partial charge in [-0.15, -0.1) is 0 Å². The van der Waals surface area contributed by atoms with Crippen LogP contribution >= 0.6 is 0 Å². The molecule has 0 fully saturated rings. The number of esters is 1. The Morgan fingerprint density at radius 1 is 1.16 bits per heavy atom. The van der Waals surface area contributed by atoms with Gasteiger partial charge < -0.3 is 10.1 Å². The molecule has 8 nitrogen and oxygen atoms in total. The van der Waals surface area contributed by atoms with Crippen molar-refractivity contribution < 1.29 is 22.3 Å². The molecule has 0 aliphatic rings. The fourth-order valence-corrected chi connectivity index (χ4v) is 3.53. The average molecular weight is 447 g/mol. The molecule has 164 valence electrons. The van der Waals surface area contributed by atoms with Crippen LogP contribution in [-0.4, -0.2) is 37.3 Å². The Balaban J connectivity index is 1.71. The van der Waals surface area contributed by atoms with Crippen LogP contribution in [0.3, 0.4) is 0 Å². The average Bonchev–Trinajstić information content (AvgIpc) is 3.15. The van der Waals surface area contributed by atoms with Gasteiger partial charge in [-0.25, -0.2) is 27.4 Å². The number of hydrogen-bond donors (Lipinski definition) is 2. The monoisotopic (exact) mass is 446 g/mol. The van der Waals surface area contributed by atoms with E-state index in [0.717, 1.165) is 5.56 Å². The van der Waals surface area contributed by atoms with E-state index in [1.54, 1.807) is 35.9 Å². The lowest BCUT2D eigenvalue weighted by Crippen LogP contribution is -2.21. The molecule has 0 aliphatic heterocycles. The number of sulfonamides is 1. The standard InChI is InChI=1S/C21H23FN4O4S/c1-2-30-21(27)19-13-25-26(17-7-5-16(22)6-8-17)20(19)14-24-12-11-15-3-9-18(10-4-15)31(23,28)29/h3-10,13,24H,2,11-12,14H2,1H3,(H2,23,28,29). The Bertz CT molecular complexity index is 1140. The van der Waals surface area contributed by atoms with Crippen molar-refractivity contribution in [3.05, 3.63) is 77.4 Å². The van der Waals surface area contributed by atoms with Crippen molar-refractivity contribution in [3.8, 4) is 5.69 Å². The number of ether oxygens (including phenoxy) is 1. The van der Waals surface area contributed by atoms with Crippen molar-refractivity contribution in [1.29, 1.82) is 0 Å². The SMILES string of the molecule is CCOC(=O)c1cnn(-c2ccc(F)cc2)c1CNCCc1ccc(S(N)(=O)=O)cc1. The summed E-state index contributed by atoms with van der Waals surface area (Å²) in [5.74, 6) is -0.846. The highest BCUT2D eigenvalue weighted by Crippen LogP contribution is 2.17. The van der Waals surface area contributed by atoms with Crippen LogP contribution in [0.5, 0.6) is 0 Å². The largest absolute Gasteiger partial charge is 0.462 e. The fourth-order valence-electron chi connectivity index (χ4n) is 3.01. The molecule has 0 bridgehead atoms. The molecule has 3 N–H and O–H groups in total. The van der Waals surface area contributed by atoms with E-state index in [0.29, 0.717) is 36.5 Å². The molecule has 0 spiro atoms. The molecule has 0 atom stereocenters. The van der Waals surface area contributed by atoms with Crippen molar-refractivity contribution in [1.82, 2.24) is 15.1 Å². The number of halogens is 1. The first kappa shape index (κ1) is 22.6. The molecule has 0 radical (unpaired) electrons. The highest BCUT2D eigenvalue weighted by atomic mass is 32.2. The number of nitrogens with one attached hydrogen (secondary N) is 1. The number of primary sulfonamides is 1. The molecule has 0 unspecified atom stereocenters. The Morgan fingerprint density at radius 3 is 2.45 bits per heavy atom. The maximum atomic E-state index is 13.3. The summed E-state index contributed by atoms with van der Waals surface area (Å²) in [5.41, 5.74) is 2.47. The molecule has 2 aromatic carbocycles. The zero-order chi connectivity index (χ0) is 22.4. The number of aromatic nitrogens is 2. The van der Waals surface area contributed by atoms with Crippen LogP contribution < -0.4 is 10.5 Å². The van der Waals surface area contributed by atoms with E-state index >= 15 is 0 Å². The van der Waals surface area contributed by atoms with Crippen LogP contribution in [0.25, 0.3) is 5.69 Å². The van der Waals surface area contributed by atoms with Gasteiger partial charge in [-0.1, -0.05) is 12.1 Å². The molecule has 3 rings (SSSR count). The molecule has 0 aliphatic carbocycles. The van der Waals surface area contributed by atoms with Crippen LogP contribution in [0.15, 0.2) is 59.6 Å². The van der Waals surface area contributed by atoms with Gasteiger partial charge in [-0.2, -0.15) is 5.10 Å². The minimum atomic E-state index is -3.72. The first-order valence-corrected chi connectivity index (χ1v) is 11.2. The number of benzene rings is 2. The highest BCUT2D eigenvalue weighted by molar-refractivity contribution is 7.89. The van der Waals surface area contributed by atoms with Gasteiger partial charge in [0.15, 0.2) is 0 Å². The normalized spacial score (nSPS) is 11.5. The smallest absolute Gasteiger partial charge is 0.341 e. The Hall–Kier alpha value is -3.08. The van der Waals surface area contributed by atoms with Gasteiger partial charge in [0.25, 0.3) is 0 Å². The second-order valence-electron chi connectivity index (χ2n) is 6.73. The van der Waals surface area contributed by atoms with Gasteiger partial charge in [0.2, 0.25) is 10.0 Å². The number of rotatable bonds is 9. The summed E-state index contributed by atoms with van der Waals surface area (Å²) in [6, 6.07) is 12.1. The van der Waals surface area contributed by atoms with Crippen LogP contribution in [0.2, 0.25) is 0 Å². The molecule has 0 saturated carbocycles. The predicted molar refractivity (Wildman–Crippen MR) is 113 cm³/mol. The molecule has 3 aromatic rings. The summed E-state index contributed by atoms with van der Waals surface area (Å²) in [4.78, 5) is 12.4. The van der Waals surface area contributed by atoms with Crippen molar-refractivity contribution >= 4 is 16.0 Å². The quantitative estimate of drug-likeness (QED) is 0.384. The van der Waals surface area contributed by atoms with E-state index in [4.69, 9.17) is 9.88 Å². The second-order valence-corrected chi connectivity index (χ2v) is 8.29. The number of hydrogen-bond acceptors (Lipinski definition) is 6. The van der Waals surface area contributed by atoms with Gasteiger partial charge in [0.1, 0.15) is 11.4 Å². The zero-order valence-corrected chi connectivity index (χ0v) is 17.7. The minimum Gasteiger partial charge on any atom is -0.462 e. The summed E-state index contributed by atoms with van der Waals surface area (Å²) < 4.78 is 42.6. The molecule has 0 saturated heterocycles. The summed E-state index contributed by atoms with van der Waals surface area (Å²) >= 11 is 0. The van der Waals surface area contributed by atoms with Gasteiger partial charge in [0, 0.05) is 6.54 Å². The van der Waals surface area contributed by atoms with E-state index in [-0.39, 0.29) is 17.3 Å². The van der Waals surface area contributed by atoms with Crippen molar-refractivity contribution in [2.45, 2.75) is 24.8 Å². The van der Waals surface area contributed by atoms with E-state index < -0.39 is 16.0 Å². The maximum absolute atomic E-state index is 13.3. The molecule has 10 heteroatoms. The number of carbonyl (C=O) groups is 1. The Morgan fingerprint density at radius 2 is 1.84 bits per heavy atom. The lowest BCUT2D eigenvalue weighted by Gasteiger charge is -2.11. The fraction of sp³-hybridized carbons (Fsp3) is 0.238. The number of nitrogens with zero attached hydrogens (tertiary/aromatic N) is 2. The van der Waals surface area contributed by atoms with E-state index in [2.05, 4.69) is 10.4 Å². The summed E-state index contributed by atoms with van der Waals surface area (Å²) in [6.07, 6.45) is 2.06. The van der Waals surface area contributed by atoms with Crippen molar-refractivity contribution in [3.63, 3.8) is 0 Å². The van der Waals surface area contributed by atoms with E-state index in [9.17, 15) is 17.6 Å². The number of nitrogens with two attached hydrogens (primary N) is 1. The first-order valence-electron chi connectivity index (χ1n) is 9.62. The van der Waals surface area contributed by atoms with Crippen LogP contribution in [0.1, 0.15) is 28.5 Å². The highest BCUT2D eigenvalue weighted by Gasteiger charge is 2.19. The Labute approximate surface area is 179 Å². The van der Waals surface area contributed by atoms with Crippen molar-refractivity contribution in [2.24, 2.45) is 5.14 Å². The Kier molecular flexibility index (Phi) is 7.16. The summed E-state index contributed by atoms with van der Waals surface area (Å²) in [5, 5.41) is 12.6. The van der Waals surface area contributed by atoms with Crippen LogP contribution in [-0.2, 0) is 27.7 Å². The van der Waals surface area contributed by atoms with Crippen LogP contribution in [0.4, 0.5) is 4.39 Å². The van der Waals surface area contributed by atoms with Gasteiger partial charge in [0.05, 0.1) is 29.1 Å². The molecule has 0 amide bonds. The zero-order valence-electron chi connectivity index (χ0n) is 16.9.